The summed E-state index contributed by atoms with van der Waals surface area (Å²) < 4.78 is 5.56. The van der Waals surface area contributed by atoms with Crippen LogP contribution in [0.3, 0.4) is 0 Å². The molecule has 0 aliphatic carbocycles. The number of carboxylic acids is 1. The molecule has 6 nitrogen and oxygen atoms in total. The molecule has 2 aromatic rings. The summed E-state index contributed by atoms with van der Waals surface area (Å²) in [7, 11) is 0. The first-order valence-corrected chi connectivity index (χ1v) is 6.51. The average molecular weight is 288 g/mol. The number of hydrogen-bond donors (Lipinski definition) is 2. The van der Waals surface area contributed by atoms with Crippen molar-refractivity contribution in [1.82, 2.24) is 9.97 Å². The molecule has 1 aromatic heterocycles. The molecule has 0 aliphatic heterocycles. The summed E-state index contributed by atoms with van der Waals surface area (Å²) in [6.07, 6.45) is 1.03. The Balaban J connectivity index is 2.10. The van der Waals surface area contributed by atoms with Crippen LogP contribution < -0.4 is 10.3 Å². The van der Waals surface area contributed by atoms with Crippen molar-refractivity contribution in [2.45, 2.75) is 26.4 Å². The predicted molar refractivity (Wildman–Crippen MR) is 76.7 cm³/mol. The zero-order valence-corrected chi connectivity index (χ0v) is 11.8. The lowest BCUT2D eigenvalue weighted by molar-refractivity contribution is 0.0694. The van der Waals surface area contributed by atoms with E-state index >= 15 is 0 Å². The van der Waals surface area contributed by atoms with Crippen molar-refractivity contribution in [3.63, 3.8) is 0 Å². The standard InChI is InChI=1S/C15H16N2O4/c1-9(2)10-4-3-5-11(6-10)21-8-13-16-7-12(15(19)20)14(18)17-13/h3-7,9H,8H2,1-2H3,(H,19,20)(H,16,17,18). The first kappa shape index (κ1) is 14.8. The van der Waals surface area contributed by atoms with Gasteiger partial charge in [-0.25, -0.2) is 9.78 Å². The molecule has 110 valence electrons. The van der Waals surface area contributed by atoms with E-state index in [4.69, 9.17) is 9.84 Å². The summed E-state index contributed by atoms with van der Waals surface area (Å²) in [5, 5.41) is 8.76. The highest BCUT2D eigenvalue weighted by Gasteiger charge is 2.10. The van der Waals surface area contributed by atoms with E-state index in [0.717, 1.165) is 11.8 Å². The smallest absolute Gasteiger partial charge is 0.342 e. The molecule has 0 aliphatic rings. The number of rotatable bonds is 5. The number of aromatic carboxylic acids is 1. The maximum atomic E-state index is 11.5. The molecule has 0 atom stereocenters. The van der Waals surface area contributed by atoms with E-state index in [2.05, 4.69) is 23.8 Å². The molecule has 21 heavy (non-hydrogen) atoms. The van der Waals surface area contributed by atoms with Crippen molar-refractivity contribution in [2.75, 3.05) is 0 Å². The van der Waals surface area contributed by atoms with Crippen LogP contribution in [0, 0.1) is 0 Å². The Labute approximate surface area is 121 Å². The second kappa shape index (κ2) is 6.21. The number of H-pyrrole nitrogens is 1. The minimum atomic E-state index is -1.30. The quantitative estimate of drug-likeness (QED) is 0.879. The minimum Gasteiger partial charge on any atom is -0.486 e. The minimum absolute atomic E-state index is 0.0662. The van der Waals surface area contributed by atoms with Crippen LogP contribution in [0.25, 0.3) is 0 Å². The van der Waals surface area contributed by atoms with Gasteiger partial charge in [-0.05, 0) is 23.6 Å². The van der Waals surface area contributed by atoms with E-state index in [1.165, 1.54) is 0 Å². The van der Waals surface area contributed by atoms with Crippen LogP contribution in [0.15, 0.2) is 35.3 Å². The maximum absolute atomic E-state index is 11.5. The molecule has 0 unspecified atom stereocenters. The number of nitrogens with one attached hydrogen (secondary N) is 1. The van der Waals surface area contributed by atoms with E-state index in [0.29, 0.717) is 11.7 Å². The van der Waals surface area contributed by atoms with Gasteiger partial charge in [-0.15, -0.1) is 0 Å². The Bertz CT molecular complexity index is 707. The van der Waals surface area contributed by atoms with Crippen molar-refractivity contribution in [1.29, 1.82) is 0 Å². The van der Waals surface area contributed by atoms with Gasteiger partial charge >= 0.3 is 5.97 Å². The summed E-state index contributed by atoms with van der Waals surface area (Å²) in [6, 6.07) is 7.65. The van der Waals surface area contributed by atoms with Crippen LogP contribution in [-0.2, 0) is 6.61 Å². The van der Waals surface area contributed by atoms with Crippen LogP contribution >= 0.6 is 0 Å². The van der Waals surface area contributed by atoms with Crippen molar-refractivity contribution in [3.05, 3.63) is 57.8 Å². The van der Waals surface area contributed by atoms with Gasteiger partial charge in [0.25, 0.3) is 5.56 Å². The van der Waals surface area contributed by atoms with Crippen molar-refractivity contribution < 1.29 is 14.6 Å². The molecule has 1 heterocycles. The highest BCUT2D eigenvalue weighted by atomic mass is 16.5. The molecule has 0 amide bonds. The normalized spacial score (nSPS) is 10.6. The third kappa shape index (κ3) is 3.68. The molecule has 0 radical (unpaired) electrons. The van der Waals surface area contributed by atoms with E-state index < -0.39 is 11.5 Å². The van der Waals surface area contributed by atoms with Crippen LogP contribution in [0.1, 0.15) is 41.5 Å². The van der Waals surface area contributed by atoms with Crippen molar-refractivity contribution in [2.24, 2.45) is 0 Å². The fraction of sp³-hybridized carbons (Fsp3) is 0.267. The number of hydrogen-bond acceptors (Lipinski definition) is 4. The number of aromatic amines is 1. The highest BCUT2D eigenvalue weighted by Crippen LogP contribution is 2.20. The number of carboxylic acid groups (broad SMARTS) is 1. The van der Waals surface area contributed by atoms with Gasteiger partial charge < -0.3 is 14.8 Å². The number of nitrogens with zero attached hydrogens (tertiary/aromatic N) is 1. The largest absolute Gasteiger partial charge is 0.486 e. The Morgan fingerprint density at radius 2 is 2.19 bits per heavy atom. The van der Waals surface area contributed by atoms with E-state index in [1.54, 1.807) is 0 Å². The lowest BCUT2D eigenvalue weighted by atomic mass is 10.0. The Kier molecular flexibility index (Phi) is 4.37. The summed E-state index contributed by atoms with van der Waals surface area (Å²) in [5.41, 5.74) is 0.0720. The third-order valence-electron chi connectivity index (χ3n) is 2.98. The van der Waals surface area contributed by atoms with Crippen LogP contribution in [0.5, 0.6) is 5.75 Å². The SMILES string of the molecule is CC(C)c1cccc(OCc2ncc(C(=O)O)c(=O)[nH]2)c1. The van der Waals surface area contributed by atoms with Gasteiger partial charge in [-0.3, -0.25) is 4.79 Å². The molecule has 6 heteroatoms. The summed E-state index contributed by atoms with van der Waals surface area (Å²) in [6.45, 7) is 4.24. The lowest BCUT2D eigenvalue weighted by Crippen LogP contribution is -2.20. The summed E-state index contributed by atoms with van der Waals surface area (Å²) in [5.74, 6) is 0.0355. The maximum Gasteiger partial charge on any atom is 0.342 e. The molecular weight excluding hydrogens is 272 g/mol. The molecule has 1 aromatic carbocycles. The van der Waals surface area contributed by atoms with Gasteiger partial charge in [-0.1, -0.05) is 26.0 Å². The van der Waals surface area contributed by atoms with Gasteiger partial charge in [0.15, 0.2) is 0 Å². The second-order valence-electron chi connectivity index (χ2n) is 4.89. The number of aromatic nitrogens is 2. The van der Waals surface area contributed by atoms with E-state index in [9.17, 15) is 9.59 Å². The number of ether oxygens (including phenoxy) is 1. The first-order valence-electron chi connectivity index (χ1n) is 6.51. The molecule has 2 rings (SSSR count). The van der Waals surface area contributed by atoms with Crippen molar-refractivity contribution >= 4 is 5.97 Å². The van der Waals surface area contributed by atoms with Crippen LogP contribution in [0.2, 0.25) is 0 Å². The molecule has 0 bridgehead atoms. The molecular formula is C15H16N2O4. The second-order valence-corrected chi connectivity index (χ2v) is 4.89. The molecule has 0 saturated heterocycles. The topological polar surface area (TPSA) is 92.3 Å². The predicted octanol–water partition coefficient (Wildman–Crippen LogP) is 2.17. The fourth-order valence-corrected chi connectivity index (χ4v) is 1.77. The molecule has 0 saturated carbocycles. The lowest BCUT2D eigenvalue weighted by Gasteiger charge is -2.09. The Hall–Kier alpha value is -2.63. The Morgan fingerprint density at radius 1 is 1.43 bits per heavy atom. The summed E-state index contributed by atoms with van der Waals surface area (Å²) in [4.78, 5) is 28.5. The molecule has 2 N–H and O–H groups in total. The highest BCUT2D eigenvalue weighted by molar-refractivity contribution is 5.86. The van der Waals surface area contributed by atoms with Gasteiger partial charge in [0.2, 0.25) is 0 Å². The Morgan fingerprint density at radius 3 is 2.81 bits per heavy atom. The third-order valence-corrected chi connectivity index (χ3v) is 2.98. The fourth-order valence-electron chi connectivity index (χ4n) is 1.77. The number of carbonyl (C=O) groups is 1. The van der Waals surface area contributed by atoms with E-state index in [-0.39, 0.29) is 18.0 Å². The van der Waals surface area contributed by atoms with Gasteiger partial charge in [-0.2, -0.15) is 0 Å². The zero-order chi connectivity index (χ0) is 15.4. The van der Waals surface area contributed by atoms with Crippen LogP contribution in [-0.4, -0.2) is 21.0 Å². The van der Waals surface area contributed by atoms with Gasteiger partial charge in [0, 0.05) is 6.20 Å². The summed E-state index contributed by atoms with van der Waals surface area (Å²) >= 11 is 0. The number of benzene rings is 1. The van der Waals surface area contributed by atoms with Crippen molar-refractivity contribution in [3.8, 4) is 5.75 Å². The molecule has 0 spiro atoms. The van der Waals surface area contributed by atoms with Gasteiger partial charge in [0.05, 0.1) is 0 Å². The average Bonchev–Trinajstić information content (AvgIpc) is 2.45. The van der Waals surface area contributed by atoms with Gasteiger partial charge in [0.1, 0.15) is 23.7 Å². The van der Waals surface area contributed by atoms with E-state index in [1.807, 2.05) is 24.3 Å². The van der Waals surface area contributed by atoms with Crippen LogP contribution in [0.4, 0.5) is 0 Å². The zero-order valence-electron chi connectivity index (χ0n) is 11.8. The monoisotopic (exact) mass is 288 g/mol. The molecule has 0 fully saturated rings. The first-order chi connectivity index (χ1) is 9.97.